The molecule has 0 saturated carbocycles. The molecular weight excluding hydrogens is 292 g/mol. The molecule has 0 bridgehead atoms. The molecule has 0 spiro atoms. The highest BCUT2D eigenvalue weighted by molar-refractivity contribution is 5.68. The number of nitrogens with one attached hydrogen (secondary N) is 2. The highest BCUT2D eigenvalue weighted by Gasteiger charge is 2.24. The van der Waals surface area contributed by atoms with Gasteiger partial charge >= 0.3 is 6.09 Å². The average molecular weight is 320 g/mol. The number of rotatable bonds is 8. The van der Waals surface area contributed by atoms with Crippen LogP contribution in [-0.2, 0) is 11.2 Å². The van der Waals surface area contributed by atoms with Crippen LogP contribution in [0.3, 0.4) is 0 Å². The lowest BCUT2D eigenvalue weighted by Gasteiger charge is -2.27. The van der Waals surface area contributed by atoms with E-state index in [9.17, 15) is 9.90 Å². The molecule has 0 fully saturated rings. The van der Waals surface area contributed by atoms with E-state index in [1.54, 1.807) is 26.8 Å². The summed E-state index contributed by atoms with van der Waals surface area (Å²) in [6.07, 6.45) is 0.987. The molecule has 0 radical (unpaired) electrons. The molecule has 2 atom stereocenters. The maximum atomic E-state index is 12.0. The minimum absolute atomic E-state index is 0.360. The summed E-state index contributed by atoms with van der Waals surface area (Å²) in [5, 5.41) is 16.2. The molecule has 1 rings (SSSR count). The molecule has 1 amide bonds. The average Bonchev–Trinajstić information content (AvgIpc) is 2.46. The second kappa shape index (κ2) is 9.33. The van der Waals surface area contributed by atoms with Crippen molar-refractivity contribution in [3.8, 4) is 0 Å². The number of hydrogen-bond acceptors (Lipinski definition) is 4. The van der Waals surface area contributed by atoms with Gasteiger partial charge in [-0.05, 0) is 32.8 Å². The predicted molar refractivity (Wildman–Crippen MR) is 92.4 cm³/mol. The van der Waals surface area contributed by atoms with Crippen molar-refractivity contribution in [3.63, 3.8) is 0 Å². The quantitative estimate of drug-likeness (QED) is 0.507. The minimum atomic E-state index is -0.734. The third kappa shape index (κ3) is 8.38. The third-order valence-electron chi connectivity index (χ3n) is 3.11. The highest BCUT2D eigenvalue weighted by atomic mass is 16.6. The molecule has 5 nitrogen and oxygen atoms in total. The van der Waals surface area contributed by atoms with Crippen LogP contribution < -0.4 is 10.6 Å². The predicted octanol–water partition coefficient (Wildman–Crippen LogP) is 2.26. The molecule has 0 unspecified atom stereocenters. The lowest BCUT2D eigenvalue weighted by atomic mass is 10.0. The van der Waals surface area contributed by atoms with Crippen LogP contribution in [0.1, 0.15) is 26.3 Å². The van der Waals surface area contributed by atoms with Crippen molar-refractivity contribution in [2.45, 2.75) is 44.9 Å². The Morgan fingerprint density at radius 2 is 2.00 bits per heavy atom. The Morgan fingerprint density at radius 1 is 1.35 bits per heavy atom. The first-order chi connectivity index (χ1) is 10.8. The largest absolute Gasteiger partial charge is 0.444 e. The van der Waals surface area contributed by atoms with Gasteiger partial charge in [-0.15, -0.1) is 6.58 Å². The van der Waals surface area contributed by atoms with E-state index in [0.717, 1.165) is 5.56 Å². The number of aliphatic hydroxyl groups excluding tert-OH is 1. The number of aliphatic hydroxyl groups is 1. The van der Waals surface area contributed by atoms with E-state index >= 15 is 0 Å². The monoisotopic (exact) mass is 320 g/mol. The molecule has 0 aromatic heterocycles. The summed E-state index contributed by atoms with van der Waals surface area (Å²) in [6, 6.07) is 9.29. The van der Waals surface area contributed by atoms with Crippen LogP contribution in [-0.4, -0.2) is 42.0 Å². The Morgan fingerprint density at radius 3 is 2.57 bits per heavy atom. The van der Waals surface area contributed by atoms with Crippen molar-refractivity contribution in [2.75, 3.05) is 13.1 Å². The Labute approximate surface area is 138 Å². The van der Waals surface area contributed by atoms with Gasteiger partial charge in [0.25, 0.3) is 0 Å². The van der Waals surface area contributed by atoms with Crippen molar-refractivity contribution < 1.29 is 14.6 Å². The second-order valence-corrected chi connectivity index (χ2v) is 6.46. The maximum absolute atomic E-state index is 12.0. The van der Waals surface area contributed by atoms with Crippen LogP contribution in [0.2, 0.25) is 0 Å². The van der Waals surface area contributed by atoms with Crippen molar-refractivity contribution in [2.24, 2.45) is 0 Å². The van der Waals surface area contributed by atoms with Gasteiger partial charge in [0, 0.05) is 13.1 Å². The highest BCUT2D eigenvalue weighted by Crippen LogP contribution is 2.10. The van der Waals surface area contributed by atoms with Gasteiger partial charge in [0.1, 0.15) is 5.60 Å². The first kappa shape index (κ1) is 19.2. The van der Waals surface area contributed by atoms with E-state index in [-0.39, 0.29) is 0 Å². The molecule has 1 aromatic carbocycles. The van der Waals surface area contributed by atoms with Crippen molar-refractivity contribution in [1.29, 1.82) is 0 Å². The van der Waals surface area contributed by atoms with Gasteiger partial charge in [0.05, 0.1) is 12.1 Å². The van der Waals surface area contributed by atoms with E-state index < -0.39 is 23.8 Å². The SMILES string of the molecule is C=CCNC[C@@H](O)[C@H](Cc1ccccc1)NC(=O)OC(C)(C)C. The Kier molecular flexibility index (Phi) is 7.78. The van der Waals surface area contributed by atoms with Gasteiger partial charge < -0.3 is 20.5 Å². The molecule has 3 N–H and O–H groups in total. The van der Waals surface area contributed by atoms with Gasteiger partial charge in [0.2, 0.25) is 0 Å². The number of carbonyl (C=O) groups excluding carboxylic acids is 1. The molecule has 5 heteroatoms. The molecule has 23 heavy (non-hydrogen) atoms. The van der Waals surface area contributed by atoms with E-state index in [2.05, 4.69) is 17.2 Å². The van der Waals surface area contributed by atoms with Crippen LogP contribution in [0.25, 0.3) is 0 Å². The number of hydrogen-bond donors (Lipinski definition) is 3. The van der Waals surface area contributed by atoms with Gasteiger partial charge in [-0.25, -0.2) is 4.79 Å². The van der Waals surface area contributed by atoms with Crippen LogP contribution >= 0.6 is 0 Å². The second-order valence-electron chi connectivity index (χ2n) is 6.46. The zero-order valence-corrected chi connectivity index (χ0v) is 14.2. The summed E-state index contributed by atoms with van der Waals surface area (Å²) in [5.41, 5.74) is 0.462. The number of carbonyl (C=O) groups is 1. The topological polar surface area (TPSA) is 70.6 Å². The Balaban J connectivity index is 2.70. The van der Waals surface area contributed by atoms with Gasteiger partial charge in [-0.1, -0.05) is 36.4 Å². The smallest absolute Gasteiger partial charge is 0.407 e. The molecular formula is C18H28N2O3. The molecule has 128 valence electrons. The first-order valence-electron chi connectivity index (χ1n) is 7.85. The normalized spacial score (nSPS) is 13.9. The zero-order chi connectivity index (χ0) is 17.3. The summed E-state index contributed by atoms with van der Waals surface area (Å²) in [7, 11) is 0. The van der Waals surface area contributed by atoms with E-state index in [4.69, 9.17) is 4.74 Å². The van der Waals surface area contributed by atoms with Crippen molar-refractivity contribution in [3.05, 3.63) is 48.6 Å². The van der Waals surface area contributed by atoms with E-state index in [1.807, 2.05) is 30.3 Å². The molecule has 0 aliphatic rings. The molecule has 0 aliphatic heterocycles. The molecule has 0 aliphatic carbocycles. The van der Waals surface area contributed by atoms with E-state index in [1.165, 1.54) is 0 Å². The lowest BCUT2D eigenvalue weighted by molar-refractivity contribution is 0.0423. The fraction of sp³-hybridized carbons (Fsp3) is 0.500. The number of benzene rings is 1. The Hall–Kier alpha value is -1.85. The number of amides is 1. The fourth-order valence-corrected chi connectivity index (χ4v) is 2.09. The number of ether oxygens (including phenoxy) is 1. The molecule has 0 saturated heterocycles. The summed E-state index contributed by atoms with van der Waals surface area (Å²) in [5.74, 6) is 0. The van der Waals surface area contributed by atoms with Crippen molar-refractivity contribution >= 4 is 6.09 Å². The minimum Gasteiger partial charge on any atom is -0.444 e. The fourth-order valence-electron chi connectivity index (χ4n) is 2.09. The number of alkyl carbamates (subject to hydrolysis) is 1. The van der Waals surface area contributed by atoms with Crippen molar-refractivity contribution in [1.82, 2.24) is 10.6 Å². The third-order valence-corrected chi connectivity index (χ3v) is 3.11. The van der Waals surface area contributed by atoms with Crippen LogP contribution in [0.15, 0.2) is 43.0 Å². The summed E-state index contributed by atoms with van der Waals surface area (Å²) in [6.45, 7) is 10.0. The zero-order valence-electron chi connectivity index (χ0n) is 14.2. The first-order valence-corrected chi connectivity index (χ1v) is 7.85. The van der Waals surface area contributed by atoms with Crippen LogP contribution in [0.4, 0.5) is 4.79 Å². The van der Waals surface area contributed by atoms with Crippen LogP contribution in [0, 0.1) is 0 Å². The summed E-state index contributed by atoms with van der Waals surface area (Å²) in [4.78, 5) is 12.0. The Bertz CT molecular complexity index is 483. The van der Waals surface area contributed by atoms with Gasteiger partial charge in [0.15, 0.2) is 0 Å². The van der Waals surface area contributed by atoms with Crippen LogP contribution in [0.5, 0.6) is 0 Å². The van der Waals surface area contributed by atoms with E-state index in [0.29, 0.717) is 19.5 Å². The summed E-state index contributed by atoms with van der Waals surface area (Å²) < 4.78 is 5.28. The van der Waals surface area contributed by atoms with Gasteiger partial charge in [-0.2, -0.15) is 0 Å². The van der Waals surface area contributed by atoms with Gasteiger partial charge in [-0.3, -0.25) is 0 Å². The molecule has 1 aromatic rings. The molecule has 0 heterocycles. The maximum Gasteiger partial charge on any atom is 0.407 e. The standard InChI is InChI=1S/C18H28N2O3/c1-5-11-19-13-16(21)15(12-14-9-7-6-8-10-14)20-17(22)23-18(2,3)4/h5-10,15-16,19,21H,1,11-13H2,2-4H3,(H,20,22)/t15-,16+/m0/s1. The summed E-state index contributed by atoms with van der Waals surface area (Å²) >= 11 is 0. The lowest BCUT2D eigenvalue weighted by Crippen LogP contribution is -2.50.